The van der Waals surface area contributed by atoms with E-state index in [1.165, 1.54) is 12.1 Å². The molecule has 7 heteroatoms. The molecule has 0 amide bonds. The summed E-state index contributed by atoms with van der Waals surface area (Å²) in [5.41, 5.74) is 4.58. The predicted octanol–water partition coefficient (Wildman–Crippen LogP) is 6.18. The number of aromatic amines is 1. The van der Waals surface area contributed by atoms with Gasteiger partial charge in [0.2, 0.25) is 5.95 Å². The van der Waals surface area contributed by atoms with Gasteiger partial charge in [0.05, 0.1) is 22.5 Å². The lowest BCUT2D eigenvalue weighted by atomic mass is 9.87. The molecule has 0 fully saturated rings. The lowest BCUT2D eigenvalue weighted by Crippen LogP contribution is -1.98. The van der Waals surface area contributed by atoms with Crippen LogP contribution < -0.4 is 0 Å². The third-order valence-electron chi connectivity index (χ3n) is 5.50. The third kappa shape index (κ3) is 4.48. The second-order valence-corrected chi connectivity index (χ2v) is 7.58. The van der Waals surface area contributed by atoms with Crippen molar-refractivity contribution in [3.63, 3.8) is 0 Å². The summed E-state index contributed by atoms with van der Waals surface area (Å²) in [6.07, 6.45) is 2.99. The van der Waals surface area contributed by atoms with Crippen LogP contribution >= 0.6 is 0 Å². The van der Waals surface area contributed by atoms with Crippen LogP contribution in [0.4, 0.5) is 8.78 Å². The summed E-state index contributed by atoms with van der Waals surface area (Å²) in [5.74, 6) is -2.21. The number of carboxylic acids is 1. The molecule has 0 spiro atoms. The second-order valence-electron chi connectivity index (χ2n) is 7.58. The van der Waals surface area contributed by atoms with Gasteiger partial charge in [-0.05, 0) is 64.6 Å². The molecule has 0 aliphatic carbocycles. The van der Waals surface area contributed by atoms with Crippen molar-refractivity contribution in [2.24, 2.45) is 0 Å². The van der Waals surface area contributed by atoms with Crippen LogP contribution in [0.1, 0.15) is 41.2 Å². The number of nitriles is 1. The summed E-state index contributed by atoms with van der Waals surface area (Å²) in [4.78, 5) is 10.8. The van der Waals surface area contributed by atoms with Gasteiger partial charge in [-0.15, -0.1) is 5.10 Å². The molecule has 4 aromatic rings. The van der Waals surface area contributed by atoms with Gasteiger partial charge in [0.1, 0.15) is 5.82 Å². The van der Waals surface area contributed by atoms with Gasteiger partial charge in [0, 0.05) is 11.6 Å². The zero-order chi connectivity index (χ0) is 24.2. The van der Waals surface area contributed by atoms with E-state index in [0.717, 1.165) is 11.6 Å². The lowest BCUT2D eigenvalue weighted by molar-refractivity contribution is -0.131. The number of H-pyrrole nitrogens is 1. The van der Waals surface area contributed by atoms with Crippen LogP contribution in [0.15, 0.2) is 66.7 Å². The molecule has 2 N–H and O–H groups in total. The number of nitrogens with one attached hydrogen (secondary N) is 1. The fourth-order valence-corrected chi connectivity index (χ4v) is 3.91. The molecule has 0 saturated carbocycles. The summed E-state index contributed by atoms with van der Waals surface area (Å²) < 4.78 is 29.3. The Kier molecular flexibility index (Phi) is 6.33. The number of carbonyl (C=O) groups is 1. The van der Waals surface area contributed by atoms with E-state index in [9.17, 15) is 9.18 Å². The molecule has 0 unspecified atom stereocenters. The summed E-state index contributed by atoms with van der Waals surface area (Å²) in [5, 5.41) is 24.5. The molecule has 1 aromatic heterocycles. The Balaban J connectivity index is 1.96. The fourth-order valence-electron chi connectivity index (χ4n) is 3.91. The molecule has 0 bridgehead atoms. The highest BCUT2D eigenvalue weighted by atomic mass is 19.1. The van der Waals surface area contributed by atoms with Crippen molar-refractivity contribution in [3.05, 3.63) is 106 Å². The van der Waals surface area contributed by atoms with Gasteiger partial charge in [-0.2, -0.15) is 9.65 Å². The summed E-state index contributed by atoms with van der Waals surface area (Å²) in [6, 6.07) is 18.6. The lowest BCUT2D eigenvalue weighted by Gasteiger charge is -2.17. The van der Waals surface area contributed by atoms with Crippen molar-refractivity contribution >= 4 is 34.1 Å². The van der Waals surface area contributed by atoms with Gasteiger partial charge >= 0.3 is 5.97 Å². The molecule has 34 heavy (non-hydrogen) atoms. The highest BCUT2D eigenvalue weighted by Gasteiger charge is 2.18. The molecule has 0 atom stereocenters. The van der Waals surface area contributed by atoms with Crippen LogP contribution in [0.2, 0.25) is 0 Å². The maximum Gasteiger partial charge on any atom is 0.328 e. The zero-order valence-corrected chi connectivity index (χ0v) is 18.1. The molecule has 3 aromatic carbocycles. The standard InChI is InChI=1S/C27H19F2N3O2/c1-2-20(21-10-5-17(15-30)13-23(21)28)26(18-7-3-16(4-8-18)6-12-25(33)34)19-9-11-24-22(14-19)27(29)32-31-24/h3-14H,2H2,1H3,(H,31,32)(H,33,34)/b12-6+,26-20+. The van der Waals surface area contributed by atoms with Crippen molar-refractivity contribution < 1.29 is 18.7 Å². The number of fused-ring (bicyclic) bond motifs is 1. The summed E-state index contributed by atoms with van der Waals surface area (Å²) in [6.45, 7) is 1.90. The topological polar surface area (TPSA) is 89.8 Å². The molecule has 0 aliphatic rings. The minimum Gasteiger partial charge on any atom is -0.478 e. The van der Waals surface area contributed by atoms with Crippen molar-refractivity contribution in [1.82, 2.24) is 10.2 Å². The van der Waals surface area contributed by atoms with Crippen LogP contribution in [-0.4, -0.2) is 21.3 Å². The van der Waals surface area contributed by atoms with E-state index in [4.69, 9.17) is 10.4 Å². The Morgan fingerprint density at radius 1 is 1.09 bits per heavy atom. The normalized spacial score (nSPS) is 12.1. The van der Waals surface area contributed by atoms with E-state index in [-0.39, 0.29) is 5.56 Å². The summed E-state index contributed by atoms with van der Waals surface area (Å²) in [7, 11) is 0. The number of hydrogen-bond donors (Lipinski definition) is 2. The third-order valence-corrected chi connectivity index (χ3v) is 5.50. The number of rotatable bonds is 6. The first-order chi connectivity index (χ1) is 16.4. The maximum atomic E-state index is 15.0. The SMILES string of the molecule is CC/C(=C(/c1ccc(/C=C/C(=O)O)cc1)c1ccc2[nH]nc(F)c2c1)c1ccc(C#N)cc1F. The van der Waals surface area contributed by atoms with E-state index in [0.29, 0.717) is 45.2 Å². The van der Waals surface area contributed by atoms with Crippen molar-refractivity contribution in [2.75, 3.05) is 0 Å². The Morgan fingerprint density at radius 2 is 1.82 bits per heavy atom. The van der Waals surface area contributed by atoms with Crippen LogP contribution in [0.25, 0.3) is 28.1 Å². The zero-order valence-electron chi connectivity index (χ0n) is 18.1. The number of benzene rings is 3. The number of nitrogens with zero attached hydrogens (tertiary/aromatic N) is 2. The number of aliphatic carboxylic acids is 1. The Labute approximate surface area is 194 Å². The molecule has 4 rings (SSSR count). The van der Waals surface area contributed by atoms with Gasteiger partial charge < -0.3 is 5.11 Å². The molecule has 0 aliphatic heterocycles. The van der Waals surface area contributed by atoms with Crippen molar-refractivity contribution in [2.45, 2.75) is 13.3 Å². The molecule has 5 nitrogen and oxygen atoms in total. The second kappa shape index (κ2) is 9.51. The average molecular weight is 455 g/mol. The molecule has 1 heterocycles. The van der Waals surface area contributed by atoms with Crippen molar-refractivity contribution in [3.8, 4) is 6.07 Å². The average Bonchev–Trinajstić information content (AvgIpc) is 3.22. The van der Waals surface area contributed by atoms with E-state index in [1.807, 2.05) is 31.2 Å². The minimum atomic E-state index is -1.05. The minimum absolute atomic E-state index is 0.217. The monoisotopic (exact) mass is 455 g/mol. The van der Waals surface area contributed by atoms with Crippen LogP contribution in [0.5, 0.6) is 0 Å². The van der Waals surface area contributed by atoms with E-state index >= 15 is 4.39 Å². The van der Waals surface area contributed by atoms with Crippen LogP contribution in [0.3, 0.4) is 0 Å². The van der Waals surface area contributed by atoms with Gasteiger partial charge in [-0.3, -0.25) is 5.10 Å². The largest absolute Gasteiger partial charge is 0.478 e. The first-order valence-electron chi connectivity index (χ1n) is 10.5. The quantitative estimate of drug-likeness (QED) is 0.268. The van der Waals surface area contributed by atoms with Gasteiger partial charge in [-0.1, -0.05) is 43.3 Å². The molecule has 0 radical (unpaired) electrons. The maximum absolute atomic E-state index is 15.0. The Hall–Kier alpha value is -4.57. The number of aromatic nitrogens is 2. The Morgan fingerprint density at radius 3 is 2.47 bits per heavy atom. The Bertz CT molecular complexity index is 1490. The number of carboxylic acid groups (broad SMARTS) is 1. The molecule has 0 saturated heterocycles. The van der Waals surface area contributed by atoms with E-state index in [1.54, 1.807) is 36.4 Å². The first-order valence-corrected chi connectivity index (χ1v) is 10.5. The van der Waals surface area contributed by atoms with Crippen LogP contribution in [0, 0.1) is 23.1 Å². The number of hydrogen-bond acceptors (Lipinski definition) is 3. The summed E-state index contributed by atoms with van der Waals surface area (Å²) >= 11 is 0. The first kappa shape index (κ1) is 22.6. The number of allylic oxidation sites excluding steroid dienone is 1. The van der Waals surface area contributed by atoms with Crippen LogP contribution in [-0.2, 0) is 4.79 Å². The van der Waals surface area contributed by atoms with E-state index < -0.39 is 17.7 Å². The number of halogens is 2. The predicted molar refractivity (Wildman–Crippen MR) is 126 cm³/mol. The smallest absolute Gasteiger partial charge is 0.328 e. The van der Waals surface area contributed by atoms with Crippen molar-refractivity contribution in [1.29, 1.82) is 5.26 Å². The van der Waals surface area contributed by atoms with Gasteiger partial charge in [-0.25, -0.2) is 9.18 Å². The van der Waals surface area contributed by atoms with E-state index in [2.05, 4.69) is 10.2 Å². The highest BCUT2D eigenvalue weighted by Crippen LogP contribution is 2.37. The molecular weight excluding hydrogens is 436 g/mol. The molecule has 168 valence electrons. The fraction of sp³-hybridized carbons (Fsp3) is 0.0741. The molecular formula is C27H19F2N3O2. The van der Waals surface area contributed by atoms with Gasteiger partial charge in [0.25, 0.3) is 0 Å². The highest BCUT2D eigenvalue weighted by molar-refractivity contribution is 6.00. The van der Waals surface area contributed by atoms with Gasteiger partial charge in [0.15, 0.2) is 0 Å².